The number of H-pyrrole nitrogens is 1. The lowest BCUT2D eigenvalue weighted by atomic mass is 9.90. The maximum Gasteiger partial charge on any atom is 0.0532 e. The zero-order valence-electron chi connectivity index (χ0n) is 10.1. The molecule has 16 heavy (non-hydrogen) atoms. The minimum Gasteiger partial charge on any atom is -0.357 e. The molecule has 1 aromatic carbocycles. The lowest BCUT2D eigenvalue weighted by molar-refractivity contribution is 0.374. The Morgan fingerprint density at radius 3 is 2.88 bits per heavy atom. The molecule has 0 unspecified atom stereocenters. The molecular formula is C14H18N2. The van der Waals surface area contributed by atoms with Crippen LogP contribution in [0.5, 0.6) is 0 Å². The largest absolute Gasteiger partial charge is 0.357 e. The molecule has 0 atom stereocenters. The van der Waals surface area contributed by atoms with Gasteiger partial charge in [0, 0.05) is 23.1 Å². The number of aromatic amines is 1. The van der Waals surface area contributed by atoms with Gasteiger partial charge >= 0.3 is 0 Å². The highest BCUT2D eigenvalue weighted by atomic mass is 15.0. The van der Waals surface area contributed by atoms with E-state index in [1.807, 2.05) is 0 Å². The minimum absolute atomic E-state index is 0.0699. The summed E-state index contributed by atoms with van der Waals surface area (Å²) in [5, 5.41) is 4.97. The number of nitrogens with one attached hydrogen (secondary N) is 2. The van der Waals surface area contributed by atoms with Gasteiger partial charge in [-0.1, -0.05) is 11.6 Å². The summed E-state index contributed by atoms with van der Waals surface area (Å²) in [6, 6.07) is 6.66. The molecule has 0 radical (unpaired) electrons. The van der Waals surface area contributed by atoms with Gasteiger partial charge in [-0.15, -0.1) is 0 Å². The Labute approximate surface area is 96.1 Å². The zero-order valence-corrected chi connectivity index (χ0v) is 10.1. The predicted molar refractivity (Wildman–Crippen MR) is 67.8 cm³/mol. The van der Waals surface area contributed by atoms with Crippen molar-refractivity contribution in [2.45, 2.75) is 32.7 Å². The second-order valence-electron chi connectivity index (χ2n) is 5.33. The molecule has 0 amide bonds. The Kier molecular flexibility index (Phi) is 1.93. The number of rotatable bonds is 0. The Bertz CT molecular complexity index is 549. The lowest BCUT2D eigenvalue weighted by Crippen LogP contribution is -2.42. The van der Waals surface area contributed by atoms with E-state index >= 15 is 0 Å². The molecule has 3 rings (SSSR count). The van der Waals surface area contributed by atoms with Crippen molar-refractivity contribution in [1.29, 1.82) is 0 Å². The Morgan fingerprint density at radius 1 is 1.25 bits per heavy atom. The summed E-state index contributed by atoms with van der Waals surface area (Å²) in [7, 11) is 0. The maximum absolute atomic E-state index is 3.57. The molecular weight excluding hydrogens is 196 g/mol. The highest BCUT2D eigenvalue weighted by Crippen LogP contribution is 2.33. The first-order valence-electron chi connectivity index (χ1n) is 5.95. The van der Waals surface area contributed by atoms with E-state index in [4.69, 9.17) is 0 Å². The fraction of sp³-hybridized carbons (Fsp3) is 0.429. The van der Waals surface area contributed by atoms with E-state index in [0.717, 1.165) is 13.0 Å². The molecule has 1 aromatic heterocycles. The average Bonchev–Trinajstić information content (AvgIpc) is 2.58. The van der Waals surface area contributed by atoms with Crippen LogP contribution in [-0.2, 0) is 12.0 Å². The van der Waals surface area contributed by atoms with Crippen molar-refractivity contribution in [3.8, 4) is 0 Å². The minimum atomic E-state index is 0.0699. The van der Waals surface area contributed by atoms with Gasteiger partial charge in [0.15, 0.2) is 0 Å². The normalized spacial score (nSPS) is 18.7. The van der Waals surface area contributed by atoms with Gasteiger partial charge in [0.25, 0.3) is 0 Å². The molecule has 0 spiro atoms. The second-order valence-corrected chi connectivity index (χ2v) is 5.33. The Morgan fingerprint density at radius 2 is 2.06 bits per heavy atom. The van der Waals surface area contributed by atoms with Gasteiger partial charge in [0.05, 0.1) is 5.54 Å². The van der Waals surface area contributed by atoms with E-state index < -0.39 is 0 Å². The van der Waals surface area contributed by atoms with E-state index in [1.165, 1.54) is 27.7 Å². The molecule has 2 heteroatoms. The SMILES string of the molecule is Cc1ccc2[nH]c3c(c2c1)CCNC3(C)C. The zero-order chi connectivity index (χ0) is 11.3. The van der Waals surface area contributed by atoms with Gasteiger partial charge in [-0.25, -0.2) is 0 Å². The smallest absolute Gasteiger partial charge is 0.0532 e. The number of benzene rings is 1. The average molecular weight is 214 g/mol. The van der Waals surface area contributed by atoms with Crippen molar-refractivity contribution in [1.82, 2.24) is 10.3 Å². The van der Waals surface area contributed by atoms with Gasteiger partial charge in [-0.2, -0.15) is 0 Å². The number of aromatic nitrogens is 1. The fourth-order valence-electron chi connectivity index (χ4n) is 2.74. The highest BCUT2D eigenvalue weighted by Gasteiger charge is 2.29. The summed E-state index contributed by atoms with van der Waals surface area (Å²) in [6.07, 6.45) is 1.13. The summed E-state index contributed by atoms with van der Waals surface area (Å²) >= 11 is 0. The van der Waals surface area contributed by atoms with Crippen LogP contribution in [0.1, 0.15) is 30.7 Å². The molecule has 2 N–H and O–H groups in total. The van der Waals surface area contributed by atoms with Gasteiger partial charge in [0.2, 0.25) is 0 Å². The summed E-state index contributed by atoms with van der Waals surface area (Å²) in [5.41, 5.74) is 5.54. The molecule has 0 fully saturated rings. The first-order chi connectivity index (χ1) is 7.58. The number of hydrogen-bond acceptors (Lipinski definition) is 1. The van der Waals surface area contributed by atoms with Crippen LogP contribution in [0.3, 0.4) is 0 Å². The van der Waals surface area contributed by atoms with Gasteiger partial charge in [-0.05, 0) is 44.9 Å². The van der Waals surface area contributed by atoms with Crippen LogP contribution >= 0.6 is 0 Å². The first-order valence-corrected chi connectivity index (χ1v) is 5.95. The molecule has 2 heterocycles. The van der Waals surface area contributed by atoms with E-state index in [1.54, 1.807) is 0 Å². The topological polar surface area (TPSA) is 27.8 Å². The van der Waals surface area contributed by atoms with Crippen molar-refractivity contribution in [3.63, 3.8) is 0 Å². The van der Waals surface area contributed by atoms with E-state index in [9.17, 15) is 0 Å². The third kappa shape index (κ3) is 1.30. The predicted octanol–water partition coefficient (Wildman–Crippen LogP) is 2.86. The summed E-state index contributed by atoms with van der Waals surface area (Å²) in [6.45, 7) is 7.71. The first kappa shape index (κ1) is 9.91. The van der Waals surface area contributed by atoms with E-state index in [0.29, 0.717) is 0 Å². The molecule has 0 aliphatic carbocycles. The van der Waals surface area contributed by atoms with Gasteiger partial charge in [-0.3, -0.25) is 0 Å². The number of hydrogen-bond donors (Lipinski definition) is 2. The Balaban J connectivity index is 2.33. The third-order valence-electron chi connectivity index (χ3n) is 3.63. The molecule has 0 bridgehead atoms. The monoisotopic (exact) mass is 214 g/mol. The quantitative estimate of drug-likeness (QED) is 0.693. The summed E-state index contributed by atoms with van der Waals surface area (Å²) in [4.78, 5) is 3.57. The third-order valence-corrected chi connectivity index (χ3v) is 3.63. The molecule has 0 saturated carbocycles. The summed E-state index contributed by atoms with van der Waals surface area (Å²) < 4.78 is 0. The Hall–Kier alpha value is -1.28. The number of fused-ring (bicyclic) bond motifs is 3. The maximum atomic E-state index is 3.57. The van der Waals surface area contributed by atoms with Crippen LogP contribution in [0.15, 0.2) is 18.2 Å². The van der Waals surface area contributed by atoms with Crippen LogP contribution in [0.25, 0.3) is 10.9 Å². The second kappa shape index (κ2) is 3.11. The van der Waals surface area contributed by atoms with Crippen LogP contribution in [-0.4, -0.2) is 11.5 Å². The van der Waals surface area contributed by atoms with Gasteiger partial charge < -0.3 is 10.3 Å². The van der Waals surface area contributed by atoms with Crippen molar-refractivity contribution < 1.29 is 0 Å². The molecule has 1 aliphatic rings. The number of aryl methyl sites for hydroxylation is 1. The molecule has 2 aromatic rings. The van der Waals surface area contributed by atoms with Crippen LogP contribution < -0.4 is 5.32 Å². The van der Waals surface area contributed by atoms with Crippen molar-refractivity contribution in [2.75, 3.05) is 6.54 Å². The lowest BCUT2D eigenvalue weighted by Gasteiger charge is -2.31. The van der Waals surface area contributed by atoms with Gasteiger partial charge in [0.1, 0.15) is 0 Å². The van der Waals surface area contributed by atoms with Crippen molar-refractivity contribution >= 4 is 10.9 Å². The molecule has 2 nitrogen and oxygen atoms in total. The van der Waals surface area contributed by atoms with Crippen LogP contribution in [0.4, 0.5) is 0 Å². The standard InChI is InChI=1S/C14H18N2/c1-9-4-5-12-11(8-9)10-6-7-15-14(2,3)13(10)16-12/h4-5,8,15-16H,6-7H2,1-3H3. The van der Waals surface area contributed by atoms with E-state index in [2.05, 4.69) is 49.3 Å². The highest BCUT2D eigenvalue weighted by molar-refractivity contribution is 5.86. The van der Waals surface area contributed by atoms with Crippen LogP contribution in [0.2, 0.25) is 0 Å². The molecule has 1 aliphatic heterocycles. The van der Waals surface area contributed by atoms with E-state index in [-0.39, 0.29) is 5.54 Å². The molecule has 84 valence electrons. The van der Waals surface area contributed by atoms with Crippen molar-refractivity contribution in [3.05, 3.63) is 35.0 Å². The summed E-state index contributed by atoms with van der Waals surface area (Å²) in [5.74, 6) is 0. The molecule has 0 saturated heterocycles. The van der Waals surface area contributed by atoms with Crippen molar-refractivity contribution in [2.24, 2.45) is 0 Å². The van der Waals surface area contributed by atoms with Crippen LogP contribution in [0, 0.1) is 6.92 Å². The fourth-order valence-corrected chi connectivity index (χ4v) is 2.74.